The van der Waals surface area contributed by atoms with Gasteiger partial charge in [-0.25, -0.2) is 12.7 Å². The molecule has 0 aromatic heterocycles. The third kappa shape index (κ3) is 5.20. The molecule has 0 radical (unpaired) electrons. The maximum absolute atomic E-state index is 12.1. The van der Waals surface area contributed by atoms with Crippen LogP contribution in [0.1, 0.15) is 25.7 Å². The number of hydrogen-bond acceptors (Lipinski definition) is 5. The number of nitrogens with one attached hydrogen (secondary N) is 1. The molecule has 0 unspecified atom stereocenters. The molecule has 0 aliphatic carbocycles. The largest absolute Gasteiger partial charge is 0.484 e. The van der Waals surface area contributed by atoms with Crippen LogP contribution in [0.2, 0.25) is 0 Å². The van der Waals surface area contributed by atoms with E-state index in [1.165, 1.54) is 10.6 Å². The van der Waals surface area contributed by atoms with Gasteiger partial charge in [0.2, 0.25) is 15.9 Å². The number of piperidine rings is 1. The molecule has 2 amide bonds. The van der Waals surface area contributed by atoms with E-state index in [9.17, 15) is 18.0 Å². The Kier molecular flexibility index (Phi) is 6.01. The van der Waals surface area contributed by atoms with Crippen LogP contribution in [0.25, 0.3) is 0 Å². The van der Waals surface area contributed by atoms with E-state index in [2.05, 4.69) is 5.32 Å². The van der Waals surface area contributed by atoms with Crippen molar-refractivity contribution in [3.05, 3.63) is 24.3 Å². The quantitative estimate of drug-likeness (QED) is 0.766. The lowest BCUT2D eigenvalue weighted by Gasteiger charge is -2.30. The van der Waals surface area contributed by atoms with E-state index >= 15 is 0 Å². The van der Waals surface area contributed by atoms with E-state index in [0.717, 1.165) is 18.7 Å². The van der Waals surface area contributed by atoms with Crippen LogP contribution in [0, 0.1) is 0 Å². The molecule has 0 atom stereocenters. The van der Waals surface area contributed by atoms with Crippen molar-refractivity contribution in [1.29, 1.82) is 0 Å². The van der Waals surface area contributed by atoms with Gasteiger partial charge in [0.25, 0.3) is 5.91 Å². The van der Waals surface area contributed by atoms with Crippen LogP contribution < -0.4 is 15.0 Å². The summed E-state index contributed by atoms with van der Waals surface area (Å²) >= 11 is 0. The zero-order valence-electron chi connectivity index (χ0n) is 15.4. The van der Waals surface area contributed by atoms with Crippen molar-refractivity contribution in [2.45, 2.75) is 31.7 Å². The van der Waals surface area contributed by atoms with Crippen molar-refractivity contribution in [2.24, 2.45) is 0 Å². The maximum atomic E-state index is 12.1. The molecule has 2 fully saturated rings. The fraction of sp³-hybridized carbons (Fsp3) is 0.556. The SMILES string of the molecule is CS(=O)(=O)N1CCC(NC(=O)COc2ccc(N3CCCC3=O)cc2)CC1. The third-order valence-corrected chi connectivity index (χ3v) is 6.18. The van der Waals surface area contributed by atoms with Gasteiger partial charge in [0, 0.05) is 37.8 Å². The van der Waals surface area contributed by atoms with Crippen molar-refractivity contribution in [3.63, 3.8) is 0 Å². The number of nitrogens with zero attached hydrogens (tertiary/aromatic N) is 2. The molecule has 2 heterocycles. The number of anilines is 1. The first kappa shape index (κ1) is 19.6. The molecule has 148 valence electrons. The fourth-order valence-corrected chi connectivity index (χ4v) is 4.27. The van der Waals surface area contributed by atoms with Gasteiger partial charge in [0.1, 0.15) is 5.75 Å². The highest BCUT2D eigenvalue weighted by Crippen LogP contribution is 2.23. The Morgan fingerprint density at radius 1 is 1.19 bits per heavy atom. The Morgan fingerprint density at radius 3 is 2.41 bits per heavy atom. The topological polar surface area (TPSA) is 96.0 Å². The van der Waals surface area contributed by atoms with E-state index < -0.39 is 10.0 Å². The van der Waals surface area contributed by atoms with Crippen LogP contribution in [0.15, 0.2) is 24.3 Å². The smallest absolute Gasteiger partial charge is 0.258 e. The van der Waals surface area contributed by atoms with Gasteiger partial charge in [-0.2, -0.15) is 0 Å². The Labute approximate surface area is 159 Å². The molecule has 2 saturated heterocycles. The summed E-state index contributed by atoms with van der Waals surface area (Å²) in [6.45, 7) is 1.47. The predicted octanol–water partition coefficient (Wildman–Crippen LogP) is 0.732. The van der Waals surface area contributed by atoms with Gasteiger partial charge in [0.05, 0.1) is 6.26 Å². The van der Waals surface area contributed by atoms with Crippen LogP contribution >= 0.6 is 0 Å². The average molecular weight is 395 g/mol. The highest BCUT2D eigenvalue weighted by atomic mass is 32.2. The molecule has 1 N–H and O–H groups in total. The molecule has 2 aliphatic rings. The standard InChI is InChI=1S/C18H25N3O5S/c1-27(24,25)20-11-8-14(9-12-20)19-17(22)13-26-16-6-4-15(5-7-16)21-10-2-3-18(21)23/h4-7,14H,2-3,8-13H2,1H3,(H,19,22). The molecular weight excluding hydrogens is 370 g/mol. The first-order valence-corrected chi connectivity index (χ1v) is 11.0. The molecule has 0 bridgehead atoms. The molecule has 27 heavy (non-hydrogen) atoms. The minimum atomic E-state index is -3.17. The van der Waals surface area contributed by atoms with Crippen LogP contribution in [0.5, 0.6) is 5.75 Å². The fourth-order valence-electron chi connectivity index (χ4n) is 3.39. The minimum absolute atomic E-state index is 0.0392. The van der Waals surface area contributed by atoms with Crippen molar-refractivity contribution >= 4 is 27.5 Å². The van der Waals surface area contributed by atoms with Crippen LogP contribution in [0.4, 0.5) is 5.69 Å². The highest BCUT2D eigenvalue weighted by molar-refractivity contribution is 7.88. The van der Waals surface area contributed by atoms with Gasteiger partial charge in [-0.3, -0.25) is 9.59 Å². The molecule has 3 rings (SSSR count). The number of hydrogen-bond donors (Lipinski definition) is 1. The zero-order valence-corrected chi connectivity index (χ0v) is 16.2. The van der Waals surface area contributed by atoms with E-state index in [4.69, 9.17) is 4.74 Å². The summed E-state index contributed by atoms with van der Waals surface area (Å²) < 4.78 is 29.9. The molecule has 2 aliphatic heterocycles. The summed E-state index contributed by atoms with van der Waals surface area (Å²) in [7, 11) is -3.17. The lowest BCUT2D eigenvalue weighted by atomic mass is 10.1. The second-order valence-electron chi connectivity index (χ2n) is 6.94. The van der Waals surface area contributed by atoms with Crippen LogP contribution in [-0.2, 0) is 19.6 Å². The highest BCUT2D eigenvalue weighted by Gasteiger charge is 2.26. The van der Waals surface area contributed by atoms with Gasteiger partial charge < -0.3 is 15.0 Å². The summed E-state index contributed by atoms with van der Waals surface area (Å²) in [6.07, 6.45) is 3.85. The van der Waals surface area contributed by atoms with Gasteiger partial charge in [-0.1, -0.05) is 0 Å². The van der Waals surface area contributed by atoms with Crippen molar-refractivity contribution < 1.29 is 22.7 Å². The van der Waals surface area contributed by atoms with E-state index in [1.807, 2.05) is 12.1 Å². The first-order chi connectivity index (χ1) is 12.8. The molecular formula is C18H25N3O5S. The molecule has 9 heteroatoms. The molecule has 1 aromatic carbocycles. The van der Waals surface area contributed by atoms with Crippen molar-refractivity contribution in [3.8, 4) is 5.75 Å². The van der Waals surface area contributed by atoms with Crippen LogP contribution in [-0.4, -0.2) is 63.1 Å². The van der Waals surface area contributed by atoms with E-state index in [1.54, 1.807) is 17.0 Å². The Bertz CT molecular complexity index is 786. The van der Waals surface area contributed by atoms with E-state index in [0.29, 0.717) is 38.1 Å². The number of carbonyl (C=O) groups excluding carboxylic acids is 2. The molecule has 0 spiro atoms. The monoisotopic (exact) mass is 395 g/mol. The van der Waals surface area contributed by atoms with Gasteiger partial charge in [-0.05, 0) is 43.5 Å². The first-order valence-electron chi connectivity index (χ1n) is 9.10. The minimum Gasteiger partial charge on any atom is -0.484 e. The second kappa shape index (κ2) is 8.26. The van der Waals surface area contributed by atoms with Gasteiger partial charge in [0.15, 0.2) is 6.61 Å². The van der Waals surface area contributed by atoms with Crippen LogP contribution in [0.3, 0.4) is 0 Å². The summed E-state index contributed by atoms with van der Waals surface area (Å²) in [5, 5.41) is 2.88. The predicted molar refractivity (Wildman–Crippen MR) is 101 cm³/mol. The van der Waals surface area contributed by atoms with Gasteiger partial charge >= 0.3 is 0 Å². The number of sulfonamides is 1. The Balaban J connectivity index is 1.42. The lowest BCUT2D eigenvalue weighted by Crippen LogP contribution is -2.47. The molecule has 8 nitrogen and oxygen atoms in total. The van der Waals surface area contributed by atoms with Crippen molar-refractivity contribution in [2.75, 3.05) is 37.4 Å². The average Bonchev–Trinajstić information content (AvgIpc) is 3.06. The number of rotatable bonds is 6. The normalized spacial score (nSPS) is 19.3. The molecule has 0 saturated carbocycles. The third-order valence-electron chi connectivity index (χ3n) is 4.88. The van der Waals surface area contributed by atoms with E-state index in [-0.39, 0.29) is 24.5 Å². The summed E-state index contributed by atoms with van der Waals surface area (Å²) in [6, 6.07) is 7.09. The summed E-state index contributed by atoms with van der Waals surface area (Å²) in [5.41, 5.74) is 0.840. The van der Waals surface area contributed by atoms with Crippen molar-refractivity contribution in [1.82, 2.24) is 9.62 Å². The number of amides is 2. The summed E-state index contributed by atoms with van der Waals surface area (Å²) in [5.74, 6) is 0.462. The van der Waals surface area contributed by atoms with Gasteiger partial charge in [-0.15, -0.1) is 0 Å². The number of benzene rings is 1. The molecule has 1 aromatic rings. The number of ether oxygens (including phenoxy) is 1. The maximum Gasteiger partial charge on any atom is 0.258 e. The second-order valence-corrected chi connectivity index (χ2v) is 8.92. The Hall–Kier alpha value is -2.13. The number of carbonyl (C=O) groups is 2. The summed E-state index contributed by atoms with van der Waals surface area (Å²) in [4.78, 5) is 25.6. The lowest BCUT2D eigenvalue weighted by molar-refractivity contribution is -0.124. The zero-order chi connectivity index (χ0) is 19.4. The Morgan fingerprint density at radius 2 is 1.85 bits per heavy atom.